The molecule has 0 aliphatic heterocycles. The van der Waals surface area contributed by atoms with Gasteiger partial charge in [0.05, 0.1) is 11.5 Å². The summed E-state index contributed by atoms with van der Waals surface area (Å²) in [5.41, 5.74) is 1.00. The number of nitro groups is 1. The molecule has 0 saturated heterocycles. The molecule has 0 amide bonds. The van der Waals surface area contributed by atoms with Crippen LogP contribution in [-0.2, 0) is 5.33 Å². The highest BCUT2D eigenvalue weighted by atomic mass is 79.9. The molecule has 0 N–H and O–H groups in total. The summed E-state index contributed by atoms with van der Waals surface area (Å²) in [6.07, 6.45) is 1.97. The summed E-state index contributed by atoms with van der Waals surface area (Å²) in [5.74, 6) is 0.984. The van der Waals surface area contributed by atoms with Gasteiger partial charge in [-0.05, 0) is 30.4 Å². The molecular weight excluding hydrogens is 298 g/mol. The van der Waals surface area contributed by atoms with Crippen molar-refractivity contribution in [3.8, 4) is 5.75 Å². The van der Waals surface area contributed by atoms with Crippen molar-refractivity contribution >= 4 is 21.6 Å². The molecule has 0 aliphatic rings. The third kappa shape index (κ3) is 4.64. The molecule has 5 heteroatoms. The number of halogens is 1. The molecule has 0 bridgehead atoms. The second-order valence-corrected chi connectivity index (χ2v) is 5.14. The first-order chi connectivity index (χ1) is 8.54. The van der Waals surface area contributed by atoms with E-state index in [1.807, 2.05) is 0 Å². The monoisotopic (exact) mass is 315 g/mol. The number of nitro benzene ring substituents is 1. The molecule has 1 aromatic rings. The van der Waals surface area contributed by atoms with E-state index in [1.54, 1.807) is 12.1 Å². The molecule has 4 nitrogen and oxygen atoms in total. The number of ether oxygens (including phenoxy) is 1. The maximum atomic E-state index is 10.9. The van der Waals surface area contributed by atoms with Crippen molar-refractivity contribution in [1.82, 2.24) is 0 Å². The lowest BCUT2D eigenvalue weighted by molar-refractivity contribution is -0.385. The molecule has 0 heterocycles. The van der Waals surface area contributed by atoms with E-state index < -0.39 is 4.92 Å². The summed E-state index contributed by atoms with van der Waals surface area (Å²) < 4.78 is 5.53. The highest BCUT2D eigenvalue weighted by molar-refractivity contribution is 9.08. The van der Waals surface area contributed by atoms with Crippen molar-refractivity contribution in [3.05, 3.63) is 33.9 Å². The summed E-state index contributed by atoms with van der Waals surface area (Å²) >= 11 is 3.33. The third-order valence-electron chi connectivity index (χ3n) is 2.56. The minimum atomic E-state index is -0.407. The fourth-order valence-corrected chi connectivity index (χ4v) is 1.93. The van der Waals surface area contributed by atoms with Gasteiger partial charge in [-0.3, -0.25) is 10.1 Å². The molecule has 0 aliphatic carbocycles. The molecular formula is C13H18BrNO3. The molecule has 18 heavy (non-hydrogen) atoms. The maximum Gasteiger partial charge on any atom is 0.310 e. The van der Waals surface area contributed by atoms with E-state index in [-0.39, 0.29) is 5.69 Å². The van der Waals surface area contributed by atoms with Crippen molar-refractivity contribution in [2.45, 2.75) is 32.0 Å². The molecule has 0 spiro atoms. The summed E-state index contributed by atoms with van der Waals surface area (Å²) in [4.78, 5) is 10.5. The van der Waals surface area contributed by atoms with Crippen LogP contribution >= 0.6 is 15.9 Å². The Balaban J connectivity index is 2.69. The van der Waals surface area contributed by atoms with Gasteiger partial charge in [0.25, 0.3) is 0 Å². The quantitative estimate of drug-likeness (QED) is 0.326. The lowest BCUT2D eigenvalue weighted by atomic mass is 10.1. The van der Waals surface area contributed by atoms with E-state index in [9.17, 15) is 10.1 Å². The van der Waals surface area contributed by atoms with Crippen LogP contribution in [0.5, 0.6) is 5.75 Å². The van der Waals surface area contributed by atoms with Crippen LogP contribution in [0.2, 0.25) is 0 Å². The second-order valence-electron chi connectivity index (χ2n) is 4.58. The van der Waals surface area contributed by atoms with Gasteiger partial charge >= 0.3 is 5.69 Å². The largest absolute Gasteiger partial charge is 0.487 e. The highest BCUT2D eigenvalue weighted by Gasteiger charge is 2.15. The van der Waals surface area contributed by atoms with Crippen molar-refractivity contribution in [1.29, 1.82) is 0 Å². The minimum Gasteiger partial charge on any atom is -0.487 e. The van der Waals surface area contributed by atoms with Gasteiger partial charge in [0.15, 0.2) is 5.75 Å². The normalized spacial score (nSPS) is 10.7. The molecule has 1 rings (SSSR count). The minimum absolute atomic E-state index is 0.0317. The lowest BCUT2D eigenvalue weighted by Crippen LogP contribution is -2.02. The van der Waals surface area contributed by atoms with E-state index in [4.69, 9.17) is 4.74 Å². The van der Waals surface area contributed by atoms with Crippen molar-refractivity contribution in [3.63, 3.8) is 0 Å². The summed E-state index contributed by atoms with van der Waals surface area (Å²) in [6, 6.07) is 4.95. The molecule has 0 fully saturated rings. The van der Waals surface area contributed by atoms with Crippen LogP contribution in [0.15, 0.2) is 18.2 Å². The van der Waals surface area contributed by atoms with Gasteiger partial charge in [-0.1, -0.05) is 35.8 Å². The average molecular weight is 316 g/mol. The van der Waals surface area contributed by atoms with Crippen LogP contribution in [0.4, 0.5) is 5.69 Å². The van der Waals surface area contributed by atoms with E-state index >= 15 is 0 Å². The van der Waals surface area contributed by atoms with E-state index in [2.05, 4.69) is 29.8 Å². The molecule has 1 aromatic carbocycles. The van der Waals surface area contributed by atoms with Gasteiger partial charge in [-0.15, -0.1) is 0 Å². The van der Waals surface area contributed by atoms with Crippen molar-refractivity contribution in [2.75, 3.05) is 6.61 Å². The van der Waals surface area contributed by atoms with Crippen LogP contribution in [-0.4, -0.2) is 11.5 Å². The Kier molecular flexibility index (Phi) is 6.12. The van der Waals surface area contributed by atoms with E-state index in [0.29, 0.717) is 23.6 Å². The van der Waals surface area contributed by atoms with Gasteiger partial charge in [0.1, 0.15) is 0 Å². The fraction of sp³-hybridized carbons (Fsp3) is 0.538. The summed E-state index contributed by atoms with van der Waals surface area (Å²) in [5, 5.41) is 11.5. The summed E-state index contributed by atoms with van der Waals surface area (Å²) in [7, 11) is 0. The molecule has 0 aromatic heterocycles. The number of hydrogen-bond acceptors (Lipinski definition) is 3. The third-order valence-corrected chi connectivity index (χ3v) is 3.21. The second kappa shape index (κ2) is 7.36. The Morgan fingerprint density at radius 2 is 2.17 bits per heavy atom. The zero-order valence-corrected chi connectivity index (χ0v) is 12.3. The smallest absolute Gasteiger partial charge is 0.310 e. The van der Waals surface area contributed by atoms with Crippen LogP contribution in [0, 0.1) is 16.0 Å². The first-order valence-electron chi connectivity index (χ1n) is 6.00. The van der Waals surface area contributed by atoms with Gasteiger partial charge in [-0.25, -0.2) is 0 Å². The zero-order chi connectivity index (χ0) is 13.5. The molecule has 100 valence electrons. The predicted octanol–water partition coefficient (Wildman–Crippen LogP) is 4.30. The molecule has 0 radical (unpaired) electrons. The molecule has 0 atom stereocenters. The number of hydrogen-bond donors (Lipinski definition) is 0. The average Bonchev–Trinajstić information content (AvgIpc) is 2.33. The van der Waals surface area contributed by atoms with Crippen molar-refractivity contribution < 1.29 is 9.66 Å². The molecule has 0 saturated carbocycles. The maximum absolute atomic E-state index is 10.9. The first kappa shape index (κ1) is 15.0. The Morgan fingerprint density at radius 1 is 1.44 bits per heavy atom. The van der Waals surface area contributed by atoms with Gasteiger partial charge < -0.3 is 4.74 Å². The van der Waals surface area contributed by atoms with E-state index in [0.717, 1.165) is 18.4 Å². The number of nitrogens with zero attached hydrogens (tertiary/aromatic N) is 1. The molecule has 0 unspecified atom stereocenters. The van der Waals surface area contributed by atoms with Crippen LogP contribution in [0.3, 0.4) is 0 Å². The predicted molar refractivity (Wildman–Crippen MR) is 75.3 cm³/mol. The summed E-state index contributed by atoms with van der Waals surface area (Å²) in [6.45, 7) is 4.81. The highest BCUT2D eigenvalue weighted by Crippen LogP contribution is 2.29. The standard InChI is InChI=1S/C13H18BrNO3/c1-10(2)4-3-7-18-13-8-11(9-14)5-6-12(13)15(16)17/h5-6,8,10H,3-4,7,9H2,1-2H3. The van der Waals surface area contributed by atoms with Gasteiger partial charge in [0, 0.05) is 11.4 Å². The Bertz CT molecular complexity index is 407. The van der Waals surface area contributed by atoms with E-state index in [1.165, 1.54) is 6.07 Å². The van der Waals surface area contributed by atoms with Gasteiger partial charge in [0.2, 0.25) is 0 Å². The van der Waals surface area contributed by atoms with Crippen molar-refractivity contribution in [2.24, 2.45) is 5.92 Å². The zero-order valence-electron chi connectivity index (χ0n) is 10.7. The Hall–Kier alpha value is -1.10. The number of alkyl halides is 1. The SMILES string of the molecule is CC(C)CCCOc1cc(CBr)ccc1[N+](=O)[O-]. The number of benzene rings is 1. The first-order valence-corrected chi connectivity index (χ1v) is 7.12. The van der Waals surface area contributed by atoms with Gasteiger partial charge in [-0.2, -0.15) is 0 Å². The van der Waals surface area contributed by atoms with Crippen LogP contribution in [0.25, 0.3) is 0 Å². The Labute approximate surface area is 116 Å². The fourth-order valence-electron chi connectivity index (χ4n) is 1.58. The number of rotatable bonds is 7. The Morgan fingerprint density at radius 3 is 2.72 bits per heavy atom. The van der Waals surface area contributed by atoms with Crippen LogP contribution in [0.1, 0.15) is 32.3 Å². The topological polar surface area (TPSA) is 52.4 Å². The lowest BCUT2D eigenvalue weighted by Gasteiger charge is -2.09. The van der Waals surface area contributed by atoms with Crippen LogP contribution < -0.4 is 4.74 Å².